The van der Waals surface area contributed by atoms with E-state index in [9.17, 15) is 46.6 Å². The Balaban J connectivity index is 0.00000241. The van der Waals surface area contributed by atoms with Gasteiger partial charge in [0.2, 0.25) is 4.90 Å². The summed E-state index contributed by atoms with van der Waals surface area (Å²) in [5, 5.41) is 40.7. The summed E-state index contributed by atoms with van der Waals surface area (Å²) in [5.74, 6) is -1.34. The molecule has 0 aliphatic heterocycles. The van der Waals surface area contributed by atoms with Crippen LogP contribution in [0.25, 0.3) is 21.5 Å². The van der Waals surface area contributed by atoms with E-state index >= 15 is 0 Å². The van der Waals surface area contributed by atoms with E-state index in [4.69, 9.17) is 0 Å². The number of fused-ring (bicyclic) bond motifs is 2. The Morgan fingerprint density at radius 1 is 0.919 bits per heavy atom. The minimum atomic E-state index is -5.02. The monoisotopic (exact) mass is 564 g/mol. The molecule has 0 spiro atoms. The quantitative estimate of drug-likeness (QED) is 0.0592. The van der Waals surface area contributed by atoms with Gasteiger partial charge < -0.3 is 14.8 Å². The van der Waals surface area contributed by atoms with Crippen LogP contribution in [0.1, 0.15) is 0 Å². The summed E-state index contributed by atoms with van der Waals surface area (Å²) in [6, 6.07) is 9.34. The van der Waals surface area contributed by atoms with Gasteiger partial charge >= 0.3 is 69.6 Å². The first-order valence-electron chi connectivity index (χ1n) is 9.32. The molecule has 0 radical (unpaired) electrons. The fourth-order valence-corrected chi connectivity index (χ4v) is 4.94. The molecule has 0 saturated heterocycles. The van der Waals surface area contributed by atoms with E-state index < -0.39 is 52.5 Å². The van der Waals surface area contributed by atoms with Gasteiger partial charge in [0.05, 0.1) is 20.9 Å². The molecule has 0 bridgehead atoms. The molecule has 180 valence electrons. The predicted octanol–water partition coefficient (Wildman–Crippen LogP) is -2.19. The van der Waals surface area contributed by atoms with Crippen LogP contribution in [0.4, 0.5) is 17.1 Å². The number of nitrogens with zero attached hydrogens (tertiary/aromatic N) is 3. The number of nitro groups is 1. The molecule has 37 heavy (non-hydrogen) atoms. The Bertz CT molecular complexity index is 1740. The smallest absolute Gasteiger partial charge is 0.872 e. The number of non-ortho nitro benzene ring substituents is 1. The zero-order valence-electron chi connectivity index (χ0n) is 19.1. The largest absolute Gasteiger partial charge is 1.00 e. The summed E-state index contributed by atoms with van der Waals surface area (Å²) >= 11 is 0. The second-order valence-electron chi connectivity index (χ2n) is 7.14. The Kier molecular flexibility index (Phi) is 9.60. The molecule has 0 aromatic heterocycles. The van der Waals surface area contributed by atoms with Gasteiger partial charge in [-0.1, -0.05) is 18.2 Å². The molecule has 0 saturated carbocycles. The SMILES string of the molecule is O=[N+]([O-])c1ccc2c(N=Nc3ccc([O-])c4cccc(S(=O)(=O)[O-])c34)c(O)cc([S+](=O)(O)O)c2c1.[Na+].[Na+]. The minimum absolute atomic E-state index is 0. The van der Waals surface area contributed by atoms with Crippen LogP contribution in [0.15, 0.2) is 74.6 Å². The number of hydrogen-bond acceptors (Lipinski definition) is 10. The molecule has 0 amide bonds. The first-order valence-corrected chi connectivity index (χ1v) is 12.2. The molecule has 13 nitrogen and oxygen atoms in total. The molecule has 4 aromatic carbocycles. The van der Waals surface area contributed by atoms with Crippen molar-refractivity contribution in [2.24, 2.45) is 10.2 Å². The number of phenols is 1. The van der Waals surface area contributed by atoms with Gasteiger partial charge in [-0.15, -0.1) is 16.0 Å². The molecular weight excluding hydrogens is 552 g/mol. The Hall–Kier alpha value is -2.02. The van der Waals surface area contributed by atoms with Crippen molar-refractivity contribution in [1.82, 2.24) is 0 Å². The van der Waals surface area contributed by atoms with E-state index in [1.54, 1.807) is 0 Å². The maximum atomic E-state index is 12.2. The molecule has 0 heterocycles. The van der Waals surface area contributed by atoms with Crippen molar-refractivity contribution in [2.45, 2.75) is 9.79 Å². The van der Waals surface area contributed by atoms with Crippen LogP contribution in [0.2, 0.25) is 0 Å². The number of azo groups is 1. The van der Waals surface area contributed by atoms with Gasteiger partial charge in [0.25, 0.3) is 5.69 Å². The molecule has 0 atom stereocenters. The predicted molar refractivity (Wildman–Crippen MR) is 119 cm³/mol. The van der Waals surface area contributed by atoms with Crippen molar-refractivity contribution >= 4 is 59.2 Å². The van der Waals surface area contributed by atoms with Crippen molar-refractivity contribution in [1.29, 1.82) is 0 Å². The molecule has 0 aliphatic rings. The summed E-state index contributed by atoms with van der Waals surface area (Å²) in [5.41, 5.74) is -1.07. The molecule has 3 N–H and O–H groups in total. The average Bonchev–Trinajstić information content (AvgIpc) is 2.77. The van der Waals surface area contributed by atoms with Crippen LogP contribution in [0.5, 0.6) is 11.5 Å². The van der Waals surface area contributed by atoms with E-state index in [0.29, 0.717) is 6.07 Å². The maximum absolute atomic E-state index is 12.2. The Labute approximate surface area is 253 Å². The van der Waals surface area contributed by atoms with E-state index in [1.165, 1.54) is 12.1 Å². The number of rotatable bonds is 5. The second kappa shape index (κ2) is 11.4. The first-order chi connectivity index (χ1) is 16.3. The van der Waals surface area contributed by atoms with Crippen molar-refractivity contribution in [3.05, 3.63) is 64.7 Å². The van der Waals surface area contributed by atoms with Gasteiger partial charge in [0.1, 0.15) is 21.6 Å². The maximum Gasteiger partial charge on any atom is 1.00 e. The van der Waals surface area contributed by atoms with E-state index in [2.05, 4.69) is 10.2 Å². The molecule has 0 fully saturated rings. The van der Waals surface area contributed by atoms with Crippen LogP contribution in [0.3, 0.4) is 0 Å². The molecular formula is C20H12N3Na2O10S2+. The first kappa shape index (κ1) is 31.2. The van der Waals surface area contributed by atoms with Crippen molar-refractivity contribution in [3.63, 3.8) is 0 Å². The third kappa shape index (κ3) is 6.18. The van der Waals surface area contributed by atoms with Crippen LogP contribution in [-0.4, -0.2) is 32.1 Å². The second-order valence-corrected chi connectivity index (χ2v) is 9.92. The molecule has 4 rings (SSSR count). The average molecular weight is 564 g/mol. The van der Waals surface area contributed by atoms with Gasteiger partial charge in [-0.25, -0.2) is 8.42 Å². The fraction of sp³-hybridized carbons (Fsp3) is 0. The third-order valence-corrected chi connectivity index (χ3v) is 6.79. The van der Waals surface area contributed by atoms with Gasteiger partial charge in [0.15, 0.2) is 0 Å². The molecule has 0 unspecified atom stereocenters. The number of aromatic hydroxyl groups is 1. The summed E-state index contributed by atoms with van der Waals surface area (Å²) in [4.78, 5) is 8.93. The van der Waals surface area contributed by atoms with Gasteiger partial charge in [-0.05, 0) is 27.8 Å². The van der Waals surface area contributed by atoms with Crippen LogP contribution >= 0.6 is 0 Å². The van der Waals surface area contributed by atoms with Gasteiger partial charge in [0, 0.05) is 29.0 Å². The fourth-order valence-electron chi connectivity index (χ4n) is 3.51. The number of phenolic OH excluding ortho intramolecular Hbond substituents is 1. The van der Waals surface area contributed by atoms with Crippen LogP contribution in [-0.2, 0) is 24.8 Å². The van der Waals surface area contributed by atoms with Crippen molar-refractivity contribution in [2.75, 3.05) is 0 Å². The summed E-state index contributed by atoms with van der Waals surface area (Å²) in [6.45, 7) is 0. The van der Waals surface area contributed by atoms with Crippen molar-refractivity contribution < 1.29 is 101 Å². The van der Waals surface area contributed by atoms with Gasteiger partial charge in [-0.2, -0.15) is 9.11 Å². The van der Waals surface area contributed by atoms with E-state index in [0.717, 1.165) is 36.4 Å². The normalized spacial score (nSPS) is 11.9. The minimum Gasteiger partial charge on any atom is -0.872 e. The summed E-state index contributed by atoms with van der Waals surface area (Å²) in [7, 11) is -9.70. The van der Waals surface area contributed by atoms with Gasteiger partial charge in [-0.3, -0.25) is 10.1 Å². The zero-order valence-corrected chi connectivity index (χ0v) is 24.7. The van der Waals surface area contributed by atoms with Crippen molar-refractivity contribution in [3.8, 4) is 11.5 Å². The Morgan fingerprint density at radius 3 is 2.19 bits per heavy atom. The molecule has 0 aliphatic carbocycles. The number of nitro benzene ring substituents is 1. The van der Waals surface area contributed by atoms with Crippen LogP contribution < -0.4 is 64.2 Å². The standard InChI is InChI=1S/C20H13N3O10S2.2Na/c24-15-7-6-14(19-12(15)2-1-3-17(19)34(28,29)30)21-22-20-11-5-4-10(23(26)27)8-13(11)18(9-16(20)25)35(31,32)33;;/h1-9H,(H4-,21,22,24,25,28,29,30,31,32,33);;/q;2*+1/p-1. The third-order valence-electron chi connectivity index (χ3n) is 5.00. The summed E-state index contributed by atoms with van der Waals surface area (Å²) in [6.07, 6.45) is 0. The topological polar surface area (TPSA) is 226 Å². The number of benzene rings is 4. The molecule has 17 heteroatoms. The zero-order chi connectivity index (χ0) is 25.7. The van der Waals surface area contributed by atoms with E-state index in [-0.39, 0.29) is 92.0 Å². The summed E-state index contributed by atoms with van der Waals surface area (Å²) < 4.78 is 66.3. The van der Waals surface area contributed by atoms with E-state index in [1.807, 2.05) is 0 Å². The van der Waals surface area contributed by atoms with Crippen LogP contribution in [0, 0.1) is 10.1 Å². The molecule has 4 aromatic rings. The Morgan fingerprint density at radius 2 is 1.59 bits per heavy atom. The number of hydrogen-bond donors (Lipinski definition) is 3.